The molecule has 1 heterocycles. The quantitative estimate of drug-likeness (QED) is 0.438. The fraction of sp³-hybridized carbons (Fsp3) is 0.300. The Balaban J connectivity index is 2.20. The van der Waals surface area contributed by atoms with E-state index in [1.807, 2.05) is 0 Å². The van der Waals surface area contributed by atoms with Crippen molar-refractivity contribution in [2.75, 3.05) is 6.61 Å². The Morgan fingerprint density at radius 1 is 1.44 bits per heavy atom. The zero-order valence-electron chi connectivity index (χ0n) is 8.29. The lowest BCUT2D eigenvalue weighted by Crippen LogP contribution is -2.22. The average molecular weight is 223 g/mol. The number of esters is 1. The highest BCUT2D eigenvalue weighted by molar-refractivity contribution is 5.77. The van der Waals surface area contributed by atoms with Crippen LogP contribution in [0.25, 0.3) is 0 Å². The van der Waals surface area contributed by atoms with Gasteiger partial charge in [-0.25, -0.2) is 4.79 Å². The molecular formula is C10H9NO5. The van der Waals surface area contributed by atoms with Crippen LogP contribution in [0.4, 0.5) is 5.69 Å². The number of hydrogen-bond acceptors (Lipinski definition) is 5. The van der Waals surface area contributed by atoms with Crippen LogP contribution in [0.5, 0.6) is 5.75 Å². The zero-order chi connectivity index (χ0) is 11.5. The molecule has 2 rings (SSSR count). The second-order valence-electron chi connectivity index (χ2n) is 3.29. The first kappa shape index (κ1) is 10.4. The van der Waals surface area contributed by atoms with Gasteiger partial charge in [0, 0.05) is 12.5 Å². The molecule has 1 aliphatic heterocycles. The number of benzene rings is 1. The number of ether oxygens (including phenoxy) is 2. The van der Waals surface area contributed by atoms with E-state index < -0.39 is 17.0 Å². The third-order valence-electron chi connectivity index (χ3n) is 2.22. The van der Waals surface area contributed by atoms with Gasteiger partial charge in [0.05, 0.1) is 11.5 Å². The van der Waals surface area contributed by atoms with Crippen LogP contribution in [0, 0.1) is 10.1 Å². The number of nitro benzene ring substituents is 1. The normalized spacial score (nSPS) is 19.2. The number of cyclic esters (lactones) is 1. The summed E-state index contributed by atoms with van der Waals surface area (Å²) in [5.74, 6) is -0.380. The first-order valence-corrected chi connectivity index (χ1v) is 4.75. The standard InChI is InChI=1S/C10H9NO5/c12-10-9(5-6-15-10)16-8-4-2-1-3-7(8)11(13)14/h1-4,9H,5-6H2/t9-/m1/s1. The van der Waals surface area contributed by atoms with E-state index in [2.05, 4.69) is 0 Å². The minimum absolute atomic E-state index is 0.0938. The molecular weight excluding hydrogens is 214 g/mol. The Morgan fingerprint density at radius 3 is 2.81 bits per heavy atom. The predicted octanol–water partition coefficient (Wildman–Crippen LogP) is 1.29. The molecule has 0 amide bonds. The van der Waals surface area contributed by atoms with Gasteiger partial charge in [0.1, 0.15) is 0 Å². The van der Waals surface area contributed by atoms with E-state index in [0.29, 0.717) is 13.0 Å². The van der Waals surface area contributed by atoms with Gasteiger partial charge in [0.15, 0.2) is 11.9 Å². The van der Waals surface area contributed by atoms with Gasteiger partial charge in [-0.2, -0.15) is 0 Å². The topological polar surface area (TPSA) is 78.7 Å². The lowest BCUT2D eigenvalue weighted by molar-refractivity contribution is -0.386. The molecule has 16 heavy (non-hydrogen) atoms. The van der Waals surface area contributed by atoms with Crippen LogP contribution >= 0.6 is 0 Å². The molecule has 0 N–H and O–H groups in total. The molecule has 0 bridgehead atoms. The zero-order valence-corrected chi connectivity index (χ0v) is 8.29. The van der Waals surface area contributed by atoms with E-state index in [0.717, 1.165) is 0 Å². The molecule has 1 atom stereocenters. The Labute approximate surface area is 90.9 Å². The van der Waals surface area contributed by atoms with Crippen LogP contribution in [0.2, 0.25) is 0 Å². The van der Waals surface area contributed by atoms with Crippen molar-refractivity contribution in [2.24, 2.45) is 0 Å². The second kappa shape index (κ2) is 4.18. The van der Waals surface area contributed by atoms with Gasteiger partial charge in [-0.3, -0.25) is 10.1 Å². The fourth-order valence-electron chi connectivity index (χ4n) is 1.45. The first-order valence-electron chi connectivity index (χ1n) is 4.75. The van der Waals surface area contributed by atoms with E-state index in [9.17, 15) is 14.9 Å². The minimum atomic E-state index is -0.735. The van der Waals surface area contributed by atoms with Gasteiger partial charge < -0.3 is 9.47 Å². The number of carbonyl (C=O) groups is 1. The molecule has 1 aromatic rings. The lowest BCUT2D eigenvalue weighted by Gasteiger charge is -2.09. The van der Waals surface area contributed by atoms with Gasteiger partial charge >= 0.3 is 11.7 Å². The van der Waals surface area contributed by atoms with Crippen molar-refractivity contribution in [3.63, 3.8) is 0 Å². The molecule has 1 saturated heterocycles. The van der Waals surface area contributed by atoms with E-state index in [4.69, 9.17) is 9.47 Å². The third kappa shape index (κ3) is 1.95. The smallest absolute Gasteiger partial charge is 0.347 e. The van der Waals surface area contributed by atoms with Crippen LogP contribution < -0.4 is 4.74 Å². The van der Waals surface area contributed by atoms with Crippen LogP contribution in [-0.4, -0.2) is 23.6 Å². The van der Waals surface area contributed by atoms with E-state index in [-0.39, 0.29) is 11.4 Å². The number of para-hydroxylation sites is 2. The maximum atomic E-state index is 11.1. The fourth-order valence-corrected chi connectivity index (χ4v) is 1.45. The molecule has 0 radical (unpaired) electrons. The van der Waals surface area contributed by atoms with Crippen molar-refractivity contribution in [1.82, 2.24) is 0 Å². The molecule has 0 aliphatic carbocycles. The SMILES string of the molecule is O=C1OCC[C@H]1Oc1ccccc1[N+](=O)[O-]. The summed E-state index contributed by atoms with van der Waals surface area (Å²) in [6.45, 7) is 0.296. The number of hydrogen-bond donors (Lipinski definition) is 0. The molecule has 6 nitrogen and oxygen atoms in total. The van der Waals surface area contributed by atoms with Gasteiger partial charge in [0.25, 0.3) is 0 Å². The lowest BCUT2D eigenvalue weighted by atomic mass is 10.2. The maximum absolute atomic E-state index is 11.1. The highest BCUT2D eigenvalue weighted by atomic mass is 16.6. The van der Waals surface area contributed by atoms with Crippen LogP contribution in [-0.2, 0) is 9.53 Å². The Hall–Kier alpha value is -2.11. The average Bonchev–Trinajstić information content (AvgIpc) is 2.65. The van der Waals surface area contributed by atoms with Crippen LogP contribution in [0.1, 0.15) is 6.42 Å². The van der Waals surface area contributed by atoms with Crippen molar-refractivity contribution in [3.05, 3.63) is 34.4 Å². The van der Waals surface area contributed by atoms with E-state index in [1.54, 1.807) is 6.07 Å². The van der Waals surface area contributed by atoms with E-state index in [1.165, 1.54) is 18.2 Å². The second-order valence-corrected chi connectivity index (χ2v) is 3.29. The summed E-state index contributed by atoms with van der Waals surface area (Å²) in [5.41, 5.74) is -0.151. The summed E-state index contributed by atoms with van der Waals surface area (Å²) in [4.78, 5) is 21.3. The van der Waals surface area contributed by atoms with Crippen LogP contribution in [0.15, 0.2) is 24.3 Å². The first-order chi connectivity index (χ1) is 7.68. The summed E-state index contributed by atoms with van der Waals surface area (Å²) in [6, 6.07) is 5.94. The number of nitro groups is 1. The van der Waals surface area contributed by atoms with Crippen molar-refractivity contribution in [2.45, 2.75) is 12.5 Å². The highest BCUT2D eigenvalue weighted by Gasteiger charge is 2.30. The van der Waals surface area contributed by atoms with Gasteiger partial charge in [-0.1, -0.05) is 12.1 Å². The summed E-state index contributed by atoms with van der Waals surface area (Å²) in [7, 11) is 0. The van der Waals surface area contributed by atoms with Gasteiger partial charge in [-0.15, -0.1) is 0 Å². The third-order valence-corrected chi connectivity index (χ3v) is 2.22. The Bertz CT molecular complexity index is 431. The molecule has 0 spiro atoms. The highest BCUT2D eigenvalue weighted by Crippen LogP contribution is 2.28. The summed E-state index contributed by atoms with van der Waals surface area (Å²) >= 11 is 0. The van der Waals surface area contributed by atoms with Gasteiger partial charge in [-0.05, 0) is 6.07 Å². The summed E-state index contributed by atoms with van der Waals surface area (Å²) < 4.78 is 9.97. The largest absolute Gasteiger partial charge is 0.471 e. The molecule has 1 aromatic carbocycles. The monoisotopic (exact) mass is 223 g/mol. The van der Waals surface area contributed by atoms with Crippen molar-refractivity contribution >= 4 is 11.7 Å². The number of carbonyl (C=O) groups excluding carboxylic acids is 1. The molecule has 0 aromatic heterocycles. The molecule has 6 heteroatoms. The maximum Gasteiger partial charge on any atom is 0.347 e. The summed E-state index contributed by atoms with van der Waals surface area (Å²) in [6.07, 6.45) is -0.314. The molecule has 0 saturated carbocycles. The van der Waals surface area contributed by atoms with Crippen LogP contribution in [0.3, 0.4) is 0 Å². The molecule has 1 fully saturated rings. The number of rotatable bonds is 3. The molecule has 84 valence electrons. The van der Waals surface area contributed by atoms with E-state index >= 15 is 0 Å². The predicted molar refractivity (Wildman–Crippen MR) is 53.1 cm³/mol. The number of nitrogens with zero attached hydrogens (tertiary/aromatic N) is 1. The van der Waals surface area contributed by atoms with Crippen molar-refractivity contribution < 1.29 is 19.2 Å². The Kier molecular flexibility index (Phi) is 2.72. The summed E-state index contributed by atoms with van der Waals surface area (Å²) in [5, 5.41) is 10.7. The van der Waals surface area contributed by atoms with Gasteiger partial charge in [0.2, 0.25) is 0 Å². The van der Waals surface area contributed by atoms with Crippen molar-refractivity contribution in [3.8, 4) is 5.75 Å². The minimum Gasteiger partial charge on any atom is -0.471 e. The Morgan fingerprint density at radius 2 is 2.19 bits per heavy atom. The molecule has 0 unspecified atom stereocenters. The molecule has 1 aliphatic rings. The van der Waals surface area contributed by atoms with Crippen molar-refractivity contribution in [1.29, 1.82) is 0 Å².